The third kappa shape index (κ3) is 9.50. The number of alkyl halides is 4. The summed E-state index contributed by atoms with van der Waals surface area (Å²) >= 11 is 0. The average Bonchev–Trinajstić information content (AvgIpc) is 1.78. The van der Waals surface area contributed by atoms with Crippen LogP contribution in [0.2, 0.25) is 0 Å². The Hall–Kier alpha value is -0.410. The lowest BCUT2D eigenvalue weighted by Crippen LogP contribution is -2.17. The standard InChI is InChI=1S/C4H6F4O4S/c5-3(12-13(9,10)11)1-2-4(6,7)8/h3H,1-2H2,(H,9,10,11). The van der Waals surface area contributed by atoms with Gasteiger partial charge in [-0.3, -0.25) is 4.55 Å². The van der Waals surface area contributed by atoms with Crippen molar-refractivity contribution in [2.24, 2.45) is 0 Å². The molecule has 0 fully saturated rings. The summed E-state index contributed by atoms with van der Waals surface area (Å²) in [5.41, 5.74) is 0. The van der Waals surface area contributed by atoms with Crippen LogP contribution in [0.5, 0.6) is 0 Å². The number of halogens is 4. The van der Waals surface area contributed by atoms with Gasteiger partial charge in [-0.05, 0) is 0 Å². The molecule has 0 aliphatic rings. The number of hydrogen-bond acceptors (Lipinski definition) is 3. The predicted octanol–water partition coefficient (Wildman–Crippen LogP) is 1.44. The van der Waals surface area contributed by atoms with Gasteiger partial charge in [-0.15, -0.1) is 0 Å². The Kier molecular flexibility index (Phi) is 4.07. The molecule has 0 aliphatic heterocycles. The van der Waals surface area contributed by atoms with E-state index in [0.717, 1.165) is 0 Å². The first kappa shape index (κ1) is 12.6. The minimum atomic E-state index is -5.03. The van der Waals surface area contributed by atoms with E-state index in [4.69, 9.17) is 4.55 Å². The zero-order valence-electron chi connectivity index (χ0n) is 6.08. The Morgan fingerprint density at radius 2 is 1.85 bits per heavy atom. The topological polar surface area (TPSA) is 63.6 Å². The molecule has 1 atom stereocenters. The second-order valence-electron chi connectivity index (χ2n) is 2.09. The van der Waals surface area contributed by atoms with Crippen LogP contribution in [-0.4, -0.2) is 25.5 Å². The molecule has 4 nitrogen and oxygen atoms in total. The lowest BCUT2D eigenvalue weighted by Gasteiger charge is -2.08. The second kappa shape index (κ2) is 4.20. The molecule has 0 aromatic carbocycles. The highest BCUT2D eigenvalue weighted by Crippen LogP contribution is 2.23. The molecule has 0 saturated carbocycles. The van der Waals surface area contributed by atoms with Crippen molar-refractivity contribution >= 4 is 10.4 Å². The molecule has 0 aromatic heterocycles. The van der Waals surface area contributed by atoms with Gasteiger partial charge in [0.1, 0.15) is 0 Å². The highest BCUT2D eigenvalue weighted by molar-refractivity contribution is 7.80. The van der Waals surface area contributed by atoms with Gasteiger partial charge in [0.2, 0.25) is 6.36 Å². The molecule has 0 bridgehead atoms. The van der Waals surface area contributed by atoms with Crippen LogP contribution in [-0.2, 0) is 14.6 Å². The first-order valence-electron chi connectivity index (χ1n) is 2.97. The summed E-state index contributed by atoms with van der Waals surface area (Å²) in [5.74, 6) is 0. The fourth-order valence-electron chi connectivity index (χ4n) is 0.457. The largest absolute Gasteiger partial charge is 0.400 e. The first-order valence-corrected chi connectivity index (χ1v) is 4.33. The molecular weight excluding hydrogens is 220 g/mol. The van der Waals surface area contributed by atoms with Crippen LogP contribution in [0, 0.1) is 0 Å². The highest BCUT2D eigenvalue weighted by Gasteiger charge is 2.29. The maximum Gasteiger partial charge on any atom is 0.400 e. The minimum Gasteiger partial charge on any atom is -0.263 e. The summed E-state index contributed by atoms with van der Waals surface area (Å²) < 4.78 is 77.0. The molecule has 0 aliphatic carbocycles. The maximum absolute atomic E-state index is 12.2. The van der Waals surface area contributed by atoms with Gasteiger partial charge in [-0.2, -0.15) is 21.6 Å². The van der Waals surface area contributed by atoms with Gasteiger partial charge in [-0.25, -0.2) is 8.57 Å². The lowest BCUT2D eigenvalue weighted by atomic mass is 10.3. The number of hydrogen-bond donors (Lipinski definition) is 1. The van der Waals surface area contributed by atoms with Crippen molar-refractivity contribution in [2.45, 2.75) is 25.4 Å². The molecule has 0 aromatic rings. The van der Waals surface area contributed by atoms with Gasteiger partial charge in [0.05, 0.1) is 0 Å². The molecule has 0 spiro atoms. The Morgan fingerprint density at radius 3 is 2.15 bits per heavy atom. The van der Waals surface area contributed by atoms with Crippen LogP contribution in [0.3, 0.4) is 0 Å². The molecule has 1 N–H and O–H groups in total. The lowest BCUT2D eigenvalue weighted by molar-refractivity contribution is -0.143. The third-order valence-electron chi connectivity index (χ3n) is 0.881. The molecule has 13 heavy (non-hydrogen) atoms. The van der Waals surface area contributed by atoms with Crippen LogP contribution in [0.4, 0.5) is 17.6 Å². The molecule has 0 heterocycles. The van der Waals surface area contributed by atoms with Gasteiger partial charge in [0.25, 0.3) is 0 Å². The van der Waals surface area contributed by atoms with Crippen molar-refractivity contribution in [3.63, 3.8) is 0 Å². The van der Waals surface area contributed by atoms with E-state index in [0.29, 0.717) is 0 Å². The monoisotopic (exact) mass is 226 g/mol. The highest BCUT2D eigenvalue weighted by atomic mass is 32.3. The first-order chi connectivity index (χ1) is 5.60. The van der Waals surface area contributed by atoms with Crippen molar-refractivity contribution < 1.29 is 34.7 Å². The average molecular weight is 226 g/mol. The summed E-state index contributed by atoms with van der Waals surface area (Å²) in [5, 5.41) is 0. The fraction of sp³-hybridized carbons (Fsp3) is 1.00. The molecule has 0 saturated heterocycles. The van der Waals surface area contributed by atoms with Crippen molar-refractivity contribution in [2.75, 3.05) is 0 Å². The zero-order valence-corrected chi connectivity index (χ0v) is 6.90. The van der Waals surface area contributed by atoms with Gasteiger partial charge < -0.3 is 0 Å². The second-order valence-corrected chi connectivity index (χ2v) is 3.14. The molecule has 80 valence electrons. The van der Waals surface area contributed by atoms with Crippen molar-refractivity contribution in [1.82, 2.24) is 0 Å². The summed E-state index contributed by atoms with van der Waals surface area (Å²) in [6.45, 7) is 0. The molecule has 9 heteroatoms. The van der Waals surface area contributed by atoms with E-state index >= 15 is 0 Å². The Bertz CT molecular complexity index is 245. The van der Waals surface area contributed by atoms with Gasteiger partial charge in [0.15, 0.2) is 0 Å². The van der Waals surface area contributed by atoms with Gasteiger partial charge in [-0.1, -0.05) is 0 Å². The minimum absolute atomic E-state index is 1.18. The van der Waals surface area contributed by atoms with E-state index < -0.39 is 35.8 Å². The fourth-order valence-corrected chi connectivity index (χ4v) is 0.817. The van der Waals surface area contributed by atoms with E-state index in [1.807, 2.05) is 0 Å². The Labute approximate surface area is 71.4 Å². The predicted molar refractivity (Wildman–Crippen MR) is 32.8 cm³/mol. The molecule has 0 radical (unpaired) electrons. The molecule has 1 unspecified atom stereocenters. The third-order valence-corrected chi connectivity index (χ3v) is 1.33. The van der Waals surface area contributed by atoms with Crippen LogP contribution in [0.25, 0.3) is 0 Å². The van der Waals surface area contributed by atoms with Crippen LogP contribution < -0.4 is 0 Å². The molecule has 0 amide bonds. The maximum atomic E-state index is 12.2. The van der Waals surface area contributed by atoms with E-state index in [-0.39, 0.29) is 0 Å². The Morgan fingerprint density at radius 1 is 1.38 bits per heavy atom. The summed E-state index contributed by atoms with van der Waals surface area (Å²) in [6, 6.07) is 0. The van der Waals surface area contributed by atoms with Crippen molar-refractivity contribution in [3.8, 4) is 0 Å². The summed E-state index contributed by atoms with van der Waals surface area (Å²) in [4.78, 5) is 0. The van der Waals surface area contributed by atoms with E-state index in [2.05, 4.69) is 4.18 Å². The van der Waals surface area contributed by atoms with Gasteiger partial charge >= 0.3 is 16.6 Å². The van der Waals surface area contributed by atoms with Crippen LogP contribution >= 0.6 is 0 Å². The molecule has 0 rings (SSSR count). The Balaban J connectivity index is 3.84. The van der Waals surface area contributed by atoms with Crippen LogP contribution in [0.15, 0.2) is 0 Å². The van der Waals surface area contributed by atoms with E-state index in [1.165, 1.54) is 0 Å². The summed E-state index contributed by atoms with van der Waals surface area (Å²) in [7, 11) is -5.03. The molecular formula is C4H6F4O4S. The van der Waals surface area contributed by atoms with Crippen molar-refractivity contribution in [3.05, 3.63) is 0 Å². The number of rotatable bonds is 4. The quantitative estimate of drug-likeness (QED) is 0.582. The SMILES string of the molecule is O=S(=O)(O)OC(F)CCC(F)(F)F. The van der Waals surface area contributed by atoms with E-state index in [9.17, 15) is 26.0 Å². The normalized spacial score (nSPS) is 15.8. The van der Waals surface area contributed by atoms with Crippen molar-refractivity contribution in [1.29, 1.82) is 0 Å². The smallest absolute Gasteiger partial charge is 0.263 e. The van der Waals surface area contributed by atoms with Crippen LogP contribution in [0.1, 0.15) is 12.8 Å². The zero-order chi connectivity index (χ0) is 10.7. The van der Waals surface area contributed by atoms with Gasteiger partial charge in [0, 0.05) is 12.8 Å². The summed E-state index contributed by atoms with van der Waals surface area (Å²) in [6.07, 6.45) is -9.98. The van der Waals surface area contributed by atoms with E-state index in [1.54, 1.807) is 0 Å².